The lowest BCUT2D eigenvalue weighted by Gasteiger charge is -2.20. The molecule has 5 nitrogen and oxygen atoms in total. The van der Waals surface area contributed by atoms with Crippen LogP contribution in [0.25, 0.3) is 0 Å². The maximum atomic E-state index is 14.0. The van der Waals surface area contributed by atoms with Gasteiger partial charge in [-0.3, -0.25) is 9.10 Å². The van der Waals surface area contributed by atoms with E-state index in [-0.39, 0.29) is 22.1 Å². The zero-order chi connectivity index (χ0) is 22.4. The van der Waals surface area contributed by atoms with E-state index in [9.17, 15) is 17.6 Å². The van der Waals surface area contributed by atoms with Crippen molar-refractivity contribution in [1.82, 2.24) is 5.32 Å². The average molecular weight is 441 g/mol. The molecule has 3 aromatic carbocycles. The van der Waals surface area contributed by atoms with E-state index in [0.717, 1.165) is 17.1 Å². The molecule has 0 saturated carbocycles. The minimum absolute atomic E-state index is 0.0616. The second-order valence-electron chi connectivity index (χ2n) is 7.30. The summed E-state index contributed by atoms with van der Waals surface area (Å²) >= 11 is 0. The molecular weight excluding hydrogens is 415 g/mol. The molecule has 7 heteroatoms. The van der Waals surface area contributed by atoms with E-state index in [1.54, 1.807) is 12.1 Å². The SMILES string of the molecule is Cc1cccc(CCCNC(=O)c2cccc(S(=O)(=O)N(C)c3ccccc3F)c2)c1. The first-order valence-corrected chi connectivity index (χ1v) is 11.4. The largest absolute Gasteiger partial charge is 0.352 e. The smallest absolute Gasteiger partial charge is 0.264 e. The molecule has 0 atom stereocenters. The predicted molar refractivity (Wildman–Crippen MR) is 120 cm³/mol. The van der Waals surface area contributed by atoms with Crippen LogP contribution in [-0.4, -0.2) is 27.9 Å². The van der Waals surface area contributed by atoms with Gasteiger partial charge in [0.2, 0.25) is 0 Å². The number of hydrogen-bond donors (Lipinski definition) is 1. The number of amides is 1. The first kappa shape index (κ1) is 22.5. The van der Waals surface area contributed by atoms with Crippen molar-refractivity contribution < 1.29 is 17.6 Å². The van der Waals surface area contributed by atoms with Crippen LogP contribution in [0.4, 0.5) is 10.1 Å². The number of halogens is 1. The third kappa shape index (κ3) is 5.49. The Morgan fingerprint density at radius 1 is 1.00 bits per heavy atom. The van der Waals surface area contributed by atoms with E-state index < -0.39 is 15.8 Å². The molecule has 1 amide bonds. The number of anilines is 1. The zero-order valence-electron chi connectivity index (χ0n) is 17.5. The molecule has 0 spiro atoms. The van der Waals surface area contributed by atoms with Crippen molar-refractivity contribution in [3.05, 3.63) is 95.3 Å². The van der Waals surface area contributed by atoms with E-state index in [2.05, 4.69) is 17.4 Å². The molecule has 0 heterocycles. The van der Waals surface area contributed by atoms with E-state index in [1.807, 2.05) is 19.1 Å². The molecule has 0 radical (unpaired) electrons. The number of carbonyl (C=O) groups is 1. The minimum atomic E-state index is -4.02. The highest BCUT2D eigenvalue weighted by Gasteiger charge is 2.24. The number of hydrogen-bond acceptors (Lipinski definition) is 3. The number of nitrogens with zero attached hydrogens (tertiary/aromatic N) is 1. The van der Waals surface area contributed by atoms with Crippen molar-refractivity contribution in [2.45, 2.75) is 24.7 Å². The lowest BCUT2D eigenvalue weighted by Crippen LogP contribution is -2.28. The Balaban J connectivity index is 1.66. The third-order valence-electron chi connectivity index (χ3n) is 4.96. The molecule has 0 fully saturated rings. The number of carbonyl (C=O) groups excluding carboxylic acids is 1. The second-order valence-corrected chi connectivity index (χ2v) is 9.27. The van der Waals surface area contributed by atoms with Crippen LogP contribution in [0.3, 0.4) is 0 Å². The summed E-state index contributed by atoms with van der Waals surface area (Å²) in [6.45, 7) is 2.51. The van der Waals surface area contributed by atoms with Gasteiger partial charge in [-0.2, -0.15) is 0 Å². The van der Waals surface area contributed by atoms with Gasteiger partial charge in [-0.25, -0.2) is 12.8 Å². The maximum absolute atomic E-state index is 14.0. The van der Waals surface area contributed by atoms with Gasteiger partial charge in [0.25, 0.3) is 15.9 Å². The summed E-state index contributed by atoms with van der Waals surface area (Å²) in [6.07, 6.45) is 1.60. The van der Waals surface area contributed by atoms with Gasteiger partial charge in [0.05, 0.1) is 10.6 Å². The van der Waals surface area contributed by atoms with Gasteiger partial charge in [0.15, 0.2) is 0 Å². The fourth-order valence-electron chi connectivity index (χ4n) is 3.26. The first-order chi connectivity index (χ1) is 14.8. The van der Waals surface area contributed by atoms with Crippen LogP contribution >= 0.6 is 0 Å². The summed E-state index contributed by atoms with van der Waals surface area (Å²) < 4.78 is 40.8. The van der Waals surface area contributed by atoms with Gasteiger partial charge in [0, 0.05) is 19.2 Å². The summed E-state index contributed by atoms with van der Waals surface area (Å²) in [7, 11) is -2.74. The van der Waals surface area contributed by atoms with E-state index in [4.69, 9.17) is 0 Å². The number of sulfonamides is 1. The molecule has 1 N–H and O–H groups in total. The number of benzene rings is 3. The highest BCUT2D eigenvalue weighted by molar-refractivity contribution is 7.92. The van der Waals surface area contributed by atoms with Crippen LogP contribution in [0.2, 0.25) is 0 Å². The van der Waals surface area contributed by atoms with E-state index in [1.165, 1.54) is 54.6 Å². The van der Waals surface area contributed by atoms with E-state index in [0.29, 0.717) is 6.54 Å². The van der Waals surface area contributed by atoms with Gasteiger partial charge in [-0.15, -0.1) is 0 Å². The summed E-state index contributed by atoms with van der Waals surface area (Å²) in [5.41, 5.74) is 2.57. The Bertz CT molecular complexity index is 1180. The van der Waals surface area contributed by atoms with Crippen molar-refractivity contribution in [2.24, 2.45) is 0 Å². The average Bonchev–Trinajstić information content (AvgIpc) is 2.76. The molecule has 3 aromatic rings. The molecule has 31 heavy (non-hydrogen) atoms. The molecule has 0 saturated heterocycles. The van der Waals surface area contributed by atoms with Gasteiger partial charge in [-0.05, 0) is 55.7 Å². The Hall–Kier alpha value is -3.19. The lowest BCUT2D eigenvalue weighted by atomic mass is 10.1. The monoisotopic (exact) mass is 440 g/mol. The standard InChI is InChI=1S/C24H25FN2O3S/c1-18-8-5-9-19(16-18)10-7-15-26-24(28)20-11-6-12-21(17-20)31(29,30)27(2)23-14-4-3-13-22(23)25/h3-6,8-9,11-14,16-17H,7,10,15H2,1-2H3,(H,26,28). The number of nitrogens with one attached hydrogen (secondary N) is 1. The Labute approximate surface area is 182 Å². The highest BCUT2D eigenvalue weighted by atomic mass is 32.2. The van der Waals surface area contributed by atoms with Crippen molar-refractivity contribution in [2.75, 3.05) is 17.9 Å². The minimum Gasteiger partial charge on any atom is -0.352 e. The van der Waals surface area contributed by atoms with Gasteiger partial charge in [0.1, 0.15) is 5.82 Å². The van der Waals surface area contributed by atoms with Crippen LogP contribution in [0, 0.1) is 12.7 Å². The summed E-state index contributed by atoms with van der Waals surface area (Å²) in [5, 5.41) is 2.83. The second kappa shape index (κ2) is 9.75. The zero-order valence-corrected chi connectivity index (χ0v) is 18.3. The van der Waals surface area contributed by atoms with Crippen LogP contribution < -0.4 is 9.62 Å². The van der Waals surface area contributed by atoms with E-state index >= 15 is 0 Å². The number of para-hydroxylation sites is 1. The van der Waals surface area contributed by atoms with Crippen LogP contribution in [0.1, 0.15) is 27.9 Å². The predicted octanol–water partition coefficient (Wildman–Crippen LogP) is 4.32. The molecule has 0 unspecified atom stereocenters. The molecular formula is C24H25FN2O3S. The number of aryl methyl sites for hydroxylation is 2. The third-order valence-corrected chi connectivity index (χ3v) is 6.72. The Morgan fingerprint density at radius 2 is 1.74 bits per heavy atom. The van der Waals surface area contributed by atoms with Crippen molar-refractivity contribution in [3.63, 3.8) is 0 Å². The quantitative estimate of drug-likeness (QED) is 0.531. The Kier molecular flexibility index (Phi) is 7.07. The van der Waals surface area contributed by atoms with Crippen LogP contribution in [0.5, 0.6) is 0 Å². The summed E-state index contributed by atoms with van der Waals surface area (Å²) in [5.74, 6) is -0.995. The number of rotatable bonds is 8. The molecule has 0 aliphatic rings. The van der Waals surface area contributed by atoms with Gasteiger partial charge in [-0.1, -0.05) is 48.0 Å². The lowest BCUT2D eigenvalue weighted by molar-refractivity contribution is 0.0953. The molecule has 3 rings (SSSR count). The fourth-order valence-corrected chi connectivity index (χ4v) is 4.51. The molecule has 0 aliphatic heterocycles. The maximum Gasteiger partial charge on any atom is 0.264 e. The molecule has 0 aliphatic carbocycles. The molecule has 0 aromatic heterocycles. The Morgan fingerprint density at radius 3 is 2.48 bits per heavy atom. The first-order valence-electron chi connectivity index (χ1n) is 9.96. The van der Waals surface area contributed by atoms with Crippen molar-refractivity contribution >= 4 is 21.6 Å². The van der Waals surface area contributed by atoms with Crippen LogP contribution in [-0.2, 0) is 16.4 Å². The van der Waals surface area contributed by atoms with Crippen LogP contribution in [0.15, 0.2) is 77.7 Å². The highest BCUT2D eigenvalue weighted by Crippen LogP contribution is 2.25. The molecule has 162 valence electrons. The van der Waals surface area contributed by atoms with Gasteiger partial charge >= 0.3 is 0 Å². The normalized spacial score (nSPS) is 11.2. The molecule has 0 bridgehead atoms. The van der Waals surface area contributed by atoms with Gasteiger partial charge < -0.3 is 5.32 Å². The summed E-state index contributed by atoms with van der Waals surface area (Å²) in [6, 6.07) is 19.6. The summed E-state index contributed by atoms with van der Waals surface area (Å²) in [4.78, 5) is 12.4. The van der Waals surface area contributed by atoms with Crippen molar-refractivity contribution in [1.29, 1.82) is 0 Å². The van der Waals surface area contributed by atoms with Crippen molar-refractivity contribution in [3.8, 4) is 0 Å². The fraction of sp³-hybridized carbons (Fsp3) is 0.208. The topological polar surface area (TPSA) is 66.5 Å².